The summed E-state index contributed by atoms with van der Waals surface area (Å²) < 4.78 is 0. The van der Waals surface area contributed by atoms with Gasteiger partial charge in [-0.2, -0.15) is 0 Å². The molecule has 0 bridgehead atoms. The molecule has 0 aromatic carbocycles. The SMILES string of the molecule is C#C.C=C(O)[C@@H]1CCCN1.Cc1ccnc(Cl)n1. The summed E-state index contributed by atoms with van der Waals surface area (Å²) in [5.41, 5.74) is 0.894. The fourth-order valence-corrected chi connectivity index (χ4v) is 1.58. The van der Waals surface area contributed by atoms with Gasteiger partial charge in [0.25, 0.3) is 0 Å². The molecule has 0 radical (unpaired) electrons. The second-order valence-corrected chi connectivity index (χ2v) is 3.95. The molecule has 1 fully saturated rings. The van der Waals surface area contributed by atoms with Crippen LogP contribution in [0.2, 0.25) is 5.28 Å². The Balaban J connectivity index is 0.000000283. The second kappa shape index (κ2) is 9.46. The molecule has 2 heterocycles. The Labute approximate surface area is 113 Å². The van der Waals surface area contributed by atoms with E-state index in [1.807, 2.05) is 6.92 Å². The van der Waals surface area contributed by atoms with Crippen molar-refractivity contribution in [2.75, 3.05) is 6.54 Å². The zero-order chi connectivity index (χ0) is 14.0. The van der Waals surface area contributed by atoms with E-state index in [0.717, 1.165) is 25.1 Å². The van der Waals surface area contributed by atoms with Crippen molar-refractivity contribution in [3.05, 3.63) is 35.6 Å². The van der Waals surface area contributed by atoms with Crippen LogP contribution in [-0.4, -0.2) is 27.7 Å². The standard InChI is InChI=1S/C6H11NO.C5H5ClN2.C2H2/c1-5(8)6-3-2-4-7-6;1-4-2-3-7-5(6)8-4;1-2/h6-8H,1-4H2;2-3H,1H3;1-2H/t6-;;/m0../s1. The van der Waals surface area contributed by atoms with Gasteiger partial charge in [-0.25, -0.2) is 9.97 Å². The summed E-state index contributed by atoms with van der Waals surface area (Å²) in [4.78, 5) is 7.52. The maximum Gasteiger partial charge on any atom is 0.222 e. The van der Waals surface area contributed by atoms with E-state index in [-0.39, 0.29) is 11.8 Å². The first kappa shape index (κ1) is 16.4. The number of nitrogens with zero attached hydrogens (tertiary/aromatic N) is 2. The van der Waals surface area contributed by atoms with E-state index in [9.17, 15) is 0 Å². The normalized spacial score (nSPS) is 16.8. The molecular weight excluding hydrogens is 250 g/mol. The van der Waals surface area contributed by atoms with Gasteiger partial charge in [0.2, 0.25) is 5.28 Å². The van der Waals surface area contributed by atoms with Gasteiger partial charge in [0.1, 0.15) is 5.76 Å². The summed E-state index contributed by atoms with van der Waals surface area (Å²) in [6.45, 7) is 6.32. The van der Waals surface area contributed by atoms with Gasteiger partial charge in [-0.05, 0) is 44.0 Å². The average Bonchev–Trinajstić information content (AvgIpc) is 2.85. The molecule has 0 amide bonds. The summed E-state index contributed by atoms with van der Waals surface area (Å²) in [5.74, 6) is 0.280. The number of aryl methyl sites for hydroxylation is 1. The van der Waals surface area contributed by atoms with Gasteiger partial charge in [-0.15, -0.1) is 12.8 Å². The highest BCUT2D eigenvalue weighted by Gasteiger charge is 2.15. The minimum Gasteiger partial charge on any atom is -0.511 e. The van der Waals surface area contributed by atoms with Crippen LogP contribution in [-0.2, 0) is 0 Å². The molecule has 1 aromatic rings. The lowest BCUT2D eigenvalue weighted by atomic mass is 10.2. The predicted octanol–water partition coefficient (Wildman–Crippen LogP) is 2.50. The van der Waals surface area contributed by atoms with Crippen molar-refractivity contribution in [1.82, 2.24) is 15.3 Å². The Morgan fingerprint density at radius 3 is 2.56 bits per heavy atom. The van der Waals surface area contributed by atoms with Crippen LogP contribution in [0.25, 0.3) is 0 Å². The first-order valence-electron chi connectivity index (χ1n) is 5.49. The van der Waals surface area contributed by atoms with E-state index >= 15 is 0 Å². The minimum absolute atomic E-state index is 0.176. The molecule has 0 spiro atoms. The zero-order valence-corrected chi connectivity index (χ0v) is 11.2. The van der Waals surface area contributed by atoms with E-state index in [1.54, 1.807) is 12.3 Å². The Morgan fingerprint density at radius 1 is 1.61 bits per heavy atom. The van der Waals surface area contributed by atoms with E-state index in [4.69, 9.17) is 16.7 Å². The Kier molecular flexibility index (Phi) is 8.63. The molecule has 0 aliphatic carbocycles. The number of hydrogen-bond donors (Lipinski definition) is 2. The number of aromatic nitrogens is 2. The third kappa shape index (κ3) is 6.89. The van der Waals surface area contributed by atoms with Crippen LogP contribution in [0, 0.1) is 19.8 Å². The topological polar surface area (TPSA) is 58.0 Å². The molecule has 2 N–H and O–H groups in total. The largest absolute Gasteiger partial charge is 0.511 e. The summed E-state index contributed by atoms with van der Waals surface area (Å²) >= 11 is 5.42. The molecule has 1 aliphatic rings. The molecule has 1 aromatic heterocycles. The summed E-state index contributed by atoms with van der Waals surface area (Å²) in [7, 11) is 0. The van der Waals surface area contributed by atoms with Crippen LogP contribution >= 0.6 is 11.6 Å². The van der Waals surface area contributed by atoms with Gasteiger partial charge < -0.3 is 10.4 Å². The van der Waals surface area contributed by atoms with Gasteiger partial charge in [0.05, 0.1) is 6.04 Å². The Morgan fingerprint density at radius 2 is 2.28 bits per heavy atom. The molecule has 18 heavy (non-hydrogen) atoms. The van der Waals surface area contributed by atoms with E-state index in [1.165, 1.54) is 0 Å². The van der Waals surface area contributed by atoms with Crippen LogP contribution in [0.5, 0.6) is 0 Å². The van der Waals surface area contributed by atoms with Gasteiger partial charge in [0, 0.05) is 11.9 Å². The van der Waals surface area contributed by atoms with Crippen molar-refractivity contribution in [1.29, 1.82) is 0 Å². The minimum atomic E-state index is 0.176. The van der Waals surface area contributed by atoms with Gasteiger partial charge in [0.15, 0.2) is 0 Å². The molecule has 0 saturated carbocycles. The Hall–Kier alpha value is -1.57. The lowest BCUT2D eigenvalue weighted by Crippen LogP contribution is -2.22. The third-order valence-electron chi connectivity index (χ3n) is 2.23. The highest BCUT2D eigenvalue weighted by molar-refractivity contribution is 6.28. The number of terminal acetylenes is 1. The molecule has 1 aliphatic heterocycles. The van der Waals surface area contributed by atoms with Crippen molar-refractivity contribution >= 4 is 11.6 Å². The van der Waals surface area contributed by atoms with Crippen LogP contribution in [0.1, 0.15) is 18.5 Å². The van der Waals surface area contributed by atoms with Gasteiger partial charge in [-0.1, -0.05) is 6.58 Å². The maximum absolute atomic E-state index is 8.80. The molecule has 5 heteroatoms. The number of aliphatic hydroxyl groups excluding tert-OH is 1. The maximum atomic E-state index is 8.80. The van der Waals surface area contributed by atoms with E-state index in [2.05, 4.69) is 34.7 Å². The molecular formula is C13H18ClN3O. The molecule has 2 rings (SSSR count). The lowest BCUT2D eigenvalue weighted by molar-refractivity contribution is 0.357. The van der Waals surface area contributed by atoms with Crippen molar-refractivity contribution in [2.24, 2.45) is 0 Å². The fourth-order valence-electron chi connectivity index (χ4n) is 1.39. The van der Waals surface area contributed by atoms with Crippen LogP contribution < -0.4 is 5.32 Å². The monoisotopic (exact) mass is 267 g/mol. The molecule has 98 valence electrons. The second-order valence-electron chi connectivity index (χ2n) is 3.61. The fraction of sp³-hybridized carbons (Fsp3) is 0.385. The lowest BCUT2D eigenvalue weighted by Gasteiger charge is -2.05. The number of aliphatic hydroxyl groups is 1. The third-order valence-corrected chi connectivity index (χ3v) is 2.41. The first-order valence-corrected chi connectivity index (χ1v) is 5.87. The van der Waals surface area contributed by atoms with Crippen molar-refractivity contribution in [3.8, 4) is 12.8 Å². The molecule has 1 atom stereocenters. The number of nitrogens with one attached hydrogen (secondary N) is 1. The number of rotatable bonds is 1. The van der Waals surface area contributed by atoms with Crippen molar-refractivity contribution in [3.63, 3.8) is 0 Å². The number of halogens is 1. The van der Waals surface area contributed by atoms with E-state index in [0.29, 0.717) is 5.28 Å². The van der Waals surface area contributed by atoms with Gasteiger partial charge >= 0.3 is 0 Å². The highest BCUT2D eigenvalue weighted by atomic mass is 35.5. The average molecular weight is 268 g/mol. The van der Waals surface area contributed by atoms with Crippen LogP contribution in [0.4, 0.5) is 0 Å². The quantitative estimate of drug-likeness (QED) is 0.466. The summed E-state index contributed by atoms with van der Waals surface area (Å²) in [5, 5.41) is 12.2. The van der Waals surface area contributed by atoms with Gasteiger partial charge in [-0.3, -0.25) is 0 Å². The van der Waals surface area contributed by atoms with Crippen LogP contribution in [0.15, 0.2) is 24.6 Å². The van der Waals surface area contributed by atoms with E-state index < -0.39 is 0 Å². The Bertz CT molecular complexity index is 370. The summed E-state index contributed by atoms with van der Waals surface area (Å²) in [6, 6.07) is 1.97. The highest BCUT2D eigenvalue weighted by Crippen LogP contribution is 2.09. The molecule has 1 saturated heterocycles. The first-order chi connectivity index (χ1) is 8.59. The van der Waals surface area contributed by atoms with Crippen molar-refractivity contribution in [2.45, 2.75) is 25.8 Å². The van der Waals surface area contributed by atoms with Crippen LogP contribution in [0.3, 0.4) is 0 Å². The molecule has 4 nitrogen and oxygen atoms in total. The van der Waals surface area contributed by atoms with Crippen molar-refractivity contribution < 1.29 is 5.11 Å². The smallest absolute Gasteiger partial charge is 0.222 e. The molecule has 0 unspecified atom stereocenters. The predicted molar refractivity (Wildman–Crippen MR) is 74.5 cm³/mol. The zero-order valence-electron chi connectivity index (χ0n) is 10.4. The number of hydrogen-bond acceptors (Lipinski definition) is 4. The summed E-state index contributed by atoms with van der Waals surface area (Å²) in [6.07, 6.45) is 11.8.